The van der Waals surface area contributed by atoms with E-state index in [1.165, 1.54) is 44.1 Å². The molecule has 0 amide bonds. The van der Waals surface area contributed by atoms with Gasteiger partial charge in [-0.2, -0.15) is 0 Å². The quantitative estimate of drug-likeness (QED) is 0.680. The van der Waals surface area contributed by atoms with E-state index in [1.807, 2.05) is 0 Å². The van der Waals surface area contributed by atoms with Gasteiger partial charge in [-0.15, -0.1) is 0 Å². The molecule has 0 fully saturated rings. The van der Waals surface area contributed by atoms with Gasteiger partial charge in [-0.05, 0) is 73.3 Å². The van der Waals surface area contributed by atoms with E-state index in [9.17, 15) is 0 Å². The van der Waals surface area contributed by atoms with Crippen molar-refractivity contribution < 1.29 is 0 Å². The van der Waals surface area contributed by atoms with E-state index in [0.29, 0.717) is 0 Å². The van der Waals surface area contributed by atoms with Gasteiger partial charge in [-0.25, -0.2) is 0 Å². The molecule has 0 atom stereocenters. The van der Waals surface area contributed by atoms with Crippen LogP contribution in [0.4, 0.5) is 0 Å². The van der Waals surface area contributed by atoms with Crippen LogP contribution in [0.5, 0.6) is 0 Å². The topological polar surface area (TPSA) is 0 Å². The lowest BCUT2D eigenvalue weighted by molar-refractivity contribution is 0.671. The Morgan fingerprint density at radius 3 is 2.27 bits per heavy atom. The van der Waals surface area contributed by atoms with E-state index >= 15 is 0 Å². The van der Waals surface area contributed by atoms with Crippen molar-refractivity contribution >= 4 is 0 Å². The van der Waals surface area contributed by atoms with E-state index in [0.717, 1.165) is 0 Å². The van der Waals surface area contributed by atoms with Crippen LogP contribution < -0.4 is 0 Å². The maximum absolute atomic E-state index is 2.43. The summed E-state index contributed by atoms with van der Waals surface area (Å²) in [7, 11) is 0. The molecule has 1 aromatic rings. The molecule has 0 radical (unpaired) electrons. The zero-order valence-corrected chi connectivity index (χ0v) is 10.3. The predicted molar refractivity (Wildman–Crippen MR) is 66.6 cm³/mol. The third kappa shape index (κ3) is 1.82. The third-order valence-corrected chi connectivity index (χ3v) is 3.82. The largest absolute Gasteiger partial charge is 0.0613 e. The van der Waals surface area contributed by atoms with Gasteiger partial charge in [0.2, 0.25) is 0 Å². The summed E-state index contributed by atoms with van der Waals surface area (Å²) in [4.78, 5) is 0. The normalized spacial score (nSPS) is 15.1. The highest BCUT2D eigenvalue weighted by molar-refractivity contribution is 5.47. The Morgan fingerprint density at radius 2 is 1.67 bits per heavy atom. The maximum atomic E-state index is 2.43. The van der Waals surface area contributed by atoms with E-state index in [1.54, 1.807) is 22.3 Å². The van der Waals surface area contributed by atoms with Crippen molar-refractivity contribution in [1.29, 1.82) is 0 Å². The van der Waals surface area contributed by atoms with Crippen molar-refractivity contribution in [2.75, 3.05) is 0 Å². The molecule has 0 heterocycles. The molecule has 0 unspecified atom stereocenters. The second-order valence-electron chi connectivity index (χ2n) is 4.70. The number of benzene rings is 1. The Morgan fingerprint density at radius 1 is 1.00 bits per heavy atom. The summed E-state index contributed by atoms with van der Waals surface area (Å²) in [5.41, 5.74) is 8.18. The Kier molecular flexibility index (Phi) is 3.14. The van der Waals surface area contributed by atoms with Crippen molar-refractivity contribution in [3.63, 3.8) is 0 Å². The van der Waals surface area contributed by atoms with Crippen molar-refractivity contribution in [1.82, 2.24) is 0 Å². The maximum Gasteiger partial charge on any atom is -0.0273 e. The number of hydrogen-bond acceptors (Lipinski definition) is 0. The monoisotopic (exact) mass is 202 g/mol. The molecule has 2 rings (SSSR count). The van der Waals surface area contributed by atoms with Crippen LogP contribution in [0.1, 0.15) is 54.5 Å². The predicted octanol–water partition coefficient (Wildman–Crippen LogP) is 4.00. The molecular weight excluding hydrogens is 180 g/mol. The third-order valence-electron chi connectivity index (χ3n) is 3.82. The summed E-state index contributed by atoms with van der Waals surface area (Å²) in [6.07, 6.45) is 7.85. The molecule has 1 aliphatic carbocycles. The smallest absolute Gasteiger partial charge is 0.0273 e. The first-order chi connectivity index (χ1) is 7.27. The minimum absolute atomic E-state index is 1.20. The molecule has 0 aromatic heterocycles. The van der Waals surface area contributed by atoms with Gasteiger partial charge in [-0.3, -0.25) is 0 Å². The Bertz CT molecular complexity index is 361. The van der Waals surface area contributed by atoms with E-state index < -0.39 is 0 Å². The molecule has 1 aromatic carbocycles. The number of rotatable bonds is 2. The molecule has 0 bridgehead atoms. The lowest BCUT2D eigenvalue weighted by Crippen LogP contribution is -2.11. The molecule has 82 valence electrons. The minimum Gasteiger partial charge on any atom is -0.0613 e. The standard InChI is InChI=1S/C15H22/c1-4-12-10-11(3)13(5-2)15-9-7-6-8-14(12)15/h10H,4-9H2,1-3H3. The molecule has 0 spiro atoms. The van der Waals surface area contributed by atoms with Crippen LogP contribution in [0.25, 0.3) is 0 Å². The fourth-order valence-corrected chi connectivity index (χ4v) is 3.07. The summed E-state index contributed by atoms with van der Waals surface area (Å²) in [6.45, 7) is 6.87. The van der Waals surface area contributed by atoms with Crippen molar-refractivity contribution in [2.45, 2.75) is 59.3 Å². The van der Waals surface area contributed by atoms with Crippen molar-refractivity contribution in [3.8, 4) is 0 Å². The molecular formula is C15H22. The van der Waals surface area contributed by atoms with Crippen LogP contribution in [0.2, 0.25) is 0 Å². The lowest BCUT2D eigenvalue weighted by Gasteiger charge is -2.24. The fourth-order valence-electron chi connectivity index (χ4n) is 3.07. The first-order valence-corrected chi connectivity index (χ1v) is 6.41. The first-order valence-electron chi connectivity index (χ1n) is 6.41. The summed E-state index contributed by atoms with van der Waals surface area (Å²) >= 11 is 0. The van der Waals surface area contributed by atoms with Gasteiger partial charge in [0.15, 0.2) is 0 Å². The first kappa shape index (κ1) is 10.7. The van der Waals surface area contributed by atoms with Crippen molar-refractivity contribution in [2.24, 2.45) is 0 Å². The lowest BCUT2D eigenvalue weighted by atomic mass is 9.82. The van der Waals surface area contributed by atoms with Gasteiger partial charge in [-0.1, -0.05) is 19.9 Å². The summed E-state index contributed by atoms with van der Waals surface area (Å²) in [5, 5.41) is 0. The number of hydrogen-bond donors (Lipinski definition) is 0. The van der Waals surface area contributed by atoms with E-state index in [4.69, 9.17) is 0 Å². The second kappa shape index (κ2) is 4.38. The molecule has 1 aliphatic rings. The Hall–Kier alpha value is -0.780. The van der Waals surface area contributed by atoms with Crippen molar-refractivity contribution in [3.05, 3.63) is 33.9 Å². The average molecular weight is 202 g/mol. The summed E-state index contributed by atoms with van der Waals surface area (Å²) in [5.74, 6) is 0. The van der Waals surface area contributed by atoms with Crippen LogP contribution >= 0.6 is 0 Å². The number of fused-ring (bicyclic) bond motifs is 1. The van der Waals surface area contributed by atoms with E-state index in [2.05, 4.69) is 26.8 Å². The van der Waals surface area contributed by atoms with Crippen LogP contribution in [0.3, 0.4) is 0 Å². The Labute approximate surface area is 93.7 Å². The fraction of sp³-hybridized carbons (Fsp3) is 0.600. The minimum atomic E-state index is 1.20. The zero-order chi connectivity index (χ0) is 10.8. The highest BCUT2D eigenvalue weighted by atomic mass is 14.2. The van der Waals surface area contributed by atoms with Gasteiger partial charge >= 0.3 is 0 Å². The summed E-state index contributed by atoms with van der Waals surface area (Å²) in [6, 6.07) is 2.43. The van der Waals surface area contributed by atoms with Gasteiger partial charge < -0.3 is 0 Å². The van der Waals surface area contributed by atoms with Crippen LogP contribution in [-0.4, -0.2) is 0 Å². The highest BCUT2D eigenvalue weighted by Gasteiger charge is 2.17. The highest BCUT2D eigenvalue weighted by Crippen LogP contribution is 2.30. The SMILES string of the molecule is CCc1cc(C)c(CC)c2c1CCCC2. The van der Waals surface area contributed by atoms with Crippen LogP contribution in [0, 0.1) is 6.92 Å². The van der Waals surface area contributed by atoms with E-state index in [-0.39, 0.29) is 0 Å². The molecule has 0 aliphatic heterocycles. The molecule has 0 nitrogen and oxygen atoms in total. The Balaban J connectivity index is 2.60. The van der Waals surface area contributed by atoms with Gasteiger partial charge in [0, 0.05) is 0 Å². The molecule has 0 N–H and O–H groups in total. The van der Waals surface area contributed by atoms with Crippen LogP contribution in [0.15, 0.2) is 6.07 Å². The number of aryl methyl sites for hydroxylation is 2. The van der Waals surface area contributed by atoms with Gasteiger partial charge in [0.05, 0.1) is 0 Å². The van der Waals surface area contributed by atoms with Gasteiger partial charge in [0.25, 0.3) is 0 Å². The zero-order valence-electron chi connectivity index (χ0n) is 10.3. The average Bonchev–Trinajstić information content (AvgIpc) is 2.28. The molecule has 15 heavy (non-hydrogen) atoms. The summed E-state index contributed by atoms with van der Waals surface area (Å²) < 4.78 is 0. The molecule has 0 saturated heterocycles. The molecule has 0 saturated carbocycles. The van der Waals surface area contributed by atoms with Crippen LogP contribution in [-0.2, 0) is 25.7 Å². The van der Waals surface area contributed by atoms with Gasteiger partial charge in [0.1, 0.15) is 0 Å². The second-order valence-corrected chi connectivity index (χ2v) is 4.70. The molecule has 0 heteroatoms.